The Morgan fingerprint density at radius 2 is 1.82 bits per heavy atom. The maximum absolute atomic E-state index is 13.4. The number of aromatic nitrogens is 1. The Morgan fingerprint density at radius 3 is 2.46 bits per heavy atom. The van der Waals surface area contributed by atoms with E-state index in [1.807, 2.05) is 0 Å². The minimum absolute atomic E-state index is 0.269. The summed E-state index contributed by atoms with van der Waals surface area (Å²) < 4.78 is 38.1. The fraction of sp³-hybridized carbons (Fsp3) is 0.158. The van der Waals surface area contributed by atoms with Crippen molar-refractivity contribution in [3.8, 4) is 11.3 Å². The van der Waals surface area contributed by atoms with Crippen LogP contribution in [0.2, 0.25) is 5.02 Å². The molecular formula is C19H15ClF2N2O2S2. The zero-order valence-electron chi connectivity index (χ0n) is 14.8. The molecule has 28 heavy (non-hydrogen) atoms. The van der Waals surface area contributed by atoms with Gasteiger partial charge in [-0.1, -0.05) is 11.6 Å². The van der Waals surface area contributed by atoms with E-state index in [0.29, 0.717) is 21.2 Å². The lowest BCUT2D eigenvalue weighted by molar-refractivity contribution is -0.117. The fourth-order valence-electron chi connectivity index (χ4n) is 2.30. The fourth-order valence-corrected chi connectivity index (χ4v) is 4.34. The summed E-state index contributed by atoms with van der Waals surface area (Å²) in [6, 6.07) is 9.89. The van der Waals surface area contributed by atoms with Crippen LogP contribution in [-0.4, -0.2) is 19.8 Å². The molecule has 3 aromatic rings. The summed E-state index contributed by atoms with van der Waals surface area (Å²) in [6.45, 7) is 3.13. The number of rotatable bonds is 5. The van der Waals surface area contributed by atoms with Crippen LogP contribution in [0.5, 0.6) is 0 Å². The highest BCUT2D eigenvalue weighted by atomic mass is 35.5. The van der Waals surface area contributed by atoms with Crippen molar-refractivity contribution in [2.24, 2.45) is 0 Å². The molecule has 0 saturated heterocycles. The van der Waals surface area contributed by atoms with Gasteiger partial charge in [-0.2, -0.15) is 0 Å². The number of amides is 1. The first-order valence-corrected chi connectivity index (χ1v) is 10.5. The van der Waals surface area contributed by atoms with Gasteiger partial charge in [0.1, 0.15) is 4.75 Å². The van der Waals surface area contributed by atoms with E-state index in [1.165, 1.54) is 6.07 Å². The van der Waals surface area contributed by atoms with Gasteiger partial charge in [0.2, 0.25) is 5.91 Å². The van der Waals surface area contributed by atoms with E-state index in [0.717, 1.165) is 23.5 Å². The summed E-state index contributed by atoms with van der Waals surface area (Å²) in [5.41, 5.74) is 0.787. The molecule has 0 aliphatic carbocycles. The van der Waals surface area contributed by atoms with E-state index in [9.17, 15) is 17.8 Å². The first-order valence-electron chi connectivity index (χ1n) is 8.08. The Bertz CT molecular complexity index is 1050. The molecule has 0 fully saturated rings. The summed E-state index contributed by atoms with van der Waals surface area (Å²) >= 11 is 6.98. The van der Waals surface area contributed by atoms with Crippen molar-refractivity contribution in [3.05, 3.63) is 64.5 Å². The van der Waals surface area contributed by atoms with Gasteiger partial charge in [0, 0.05) is 20.9 Å². The molecule has 0 aliphatic rings. The Balaban J connectivity index is 1.76. The Hall–Kier alpha value is -2.16. The molecule has 4 nitrogen and oxygen atoms in total. The van der Waals surface area contributed by atoms with Crippen molar-refractivity contribution < 1.29 is 17.8 Å². The van der Waals surface area contributed by atoms with Gasteiger partial charge >= 0.3 is 0 Å². The topological polar surface area (TPSA) is 59.1 Å². The zero-order chi connectivity index (χ0) is 20.5. The van der Waals surface area contributed by atoms with Gasteiger partial charge in [0.25, 0.3) is 0 Å². The van der Waals surface area contributed by atoms with Crippen LogP contribution in [-0.2, 0) is 15.6 Å². The third-order valence-corrected chi connectivity index (χ3v) is 6.80. The molecule has 0 saturated carbocycles. The first kappa shape index (κ1) is 20.6. The predicted octanol–water partition coefficient (Wildman–Crippen LogP) is 5.27. The van der Waals surface area contributed by atoms with Gasteiger partial charge in [-0.15, -0.1) is 11.3 Å². The number of anilines is 1. The third-order valence-electron chi connectivity index (χ3n) is 3.98. The number of halogens is 3. The Morgan fingerprint density at radius 1 is 1.14 bits per heavy atom. The van der Waals surface area contributed by atoms with Crippen molar-refractivity contribution >= 4 is 44.8 Å². The highest BCUT2D eigenvalue weighted by molar-refractivity contribution is 7.87. The van der Waals surface area contributed by atoms with E-state index in [1.54, 1.807) is 43.5 Å². The van der Waals surface area contributed by atoms with Crippen molar-refractivity contribution in [3.63, 3.8) is 0 Å². The number of carbonyl (C=O) groups is 1. The van der Waals surface area contributed by atoms with Crippen LogP contribution >= 0.6 is 22.9 Å². The van der Waals surface area contributed by atoms with Crippen LogP contribution in [0.1, 0.15) is 13.8 Å². The van der Waals surface area contributed by atoms with Crippen LogP contribution in [0, 0.1) is 11.6 Å². The average molecular weight is 441 g/mol. The SMILES string of the molecule is CC(C)(C(=O)Nc1nc(-c2ccc(F)c(F)c2)cs1)S(=O)c1ccc(Cl)cc1. The highest BCUT2D eigenvalue weighted by Gasteiger charge is 2.36. The minimum atomic E-state index is -1.63. The lowest BCUT2D eigenvalue weighted by atomic mass is 10.2. The largest absolute Gasteiger partial charge is 0.301 e. The highest BCUT2D eigenvalue weighted by Crippen LogP contribution is 2.28. The van der Waals surface area contributed by atoms with Crippen molar-refractivity contribution in [1.29, 1.82) is 0 Å². The Labute approximate surface area is 172 Å². The molecule has 3 rings (SSSR count). The number of hydrogen-bond donors (Lipinski definition) is 1. The summed E-state index contributed by atoms with van der Waals surface area (Å²) in [4.78, 5) is 17.4. The molecule has 1 unspecified atom stereocenters. The standard InChI is InChI=1S/C19H15ClF2N2O2S2/c1-19(2,28(26)13-6-4-12(20)5-7-13)17(25)24-18-23-16(10-27-18)11-3-8-14(21)15(22)9-11/h3-10H,1-2H3,(H,23,24,25). The van der Waals surface area contributed by atoms with Gasteiger partial charge in [-0.05, 0) is 56.3 Å². The third kappa shape index (κ3) is 4.29. The monoisotopic (exact) mass is 440 g/mol. The van der Waals surface area contributed by atoms with Crippen LogP contribution in [0.15, 0.2) is 52.7 Å². The quantitative estimate of drug-likeness (QED) is 0.588. The molecule has 0 spiro atoms. The van der Waals surface area contributed by atoms with Crippen LogP contribution in [0.25, 0.3) is 11.3 Å². The van der Waals surface area contributed by atoms with Gasteiger partial charge < -0.3 is 5.32 Å². The van der Waals surface area contributed by atoms with Crippen LogP contribution in [0.4, 0.5) is 13.9 Å². The van der Waals surface area contributed by atoms with Crippen molar-refractivity contribution in [1.82, 2.24) is 4.98 Å². The van der Waals surface area contributed by atoms with E-state index in [2.05, 4.69) is 10.3 Å². The van der Waals surface area contributed by atoms with Crippen molar-refractivity contribution in [2.45, 2.75) is 23.5 Å². The van der Waals surface area contributed by atoms with E-state index >= 15 is 0 Å². The van der Waals surface area contributed by atoms with Gasteiger partial charge in [-0.3, -0.25) is 9.00 Å². The lowest BCUT2D eigenvalue weighted by Gasteiger charge is -2.22. The molecular weight excluding hydrogens is 426 g/mol. The molecule has 9 heteroatoms. The smallest absolute Gasteiger partial charge is 0.244 e. The maximum Gasteiger partial charge on any atom is 0.244 e. The molecule has 1 heterocycles. The molecule has 0 bridgehead atoms. The molecule has 0 radical (unpaired) electrons. The number of hydrogen-bond acceptors (Lipinski definition) is 4. The number of benzene rings is 2. The second-order valence-electron chi connectivity index (χ2n) is 6.35. The van der Waals surface area contributed by atoms with Crippen LogP contribution < -0.4 is 5.32 Å². The van der Waals surface area contributed by atoms with E-state index in [-0.39, 0.29) is 5.13 Å². The van der Waals surface area contributed by atoms with Crippen LogP contribution in [0.3, 0.4) is 0 Å². The molecule has 1 amide bonds. The normalized spacial score (nSPS) is 12.6. The number of thiazole rings is 1. The molecule has 0 aliphatic heterocycles. The van der Waals surface area contributed by atoms with Crippen molar-refractivity contribution in [2.75, 3.05) is 5.32 Å². The second-order valence-corrected chi connectivity index (χ2v) is 9.68. The summed E-state index contributed by atoms with van der Waals surface area (Å²) in [5, 5.41) is 5.04. The lowest BCUT2D eigenvalue weighted by Crippen LogP contribution is -2.41. The first-order chi connectivity index (χ1) is 13.2. The van der Waals surface area contributed by atoms with E-state index in [4.69, 9.17) is 11.6 Å². The molecule has 1 N–H and O–H groups in total. The summed E-state index contributed by atoms with van der Waals surface area (Å²) in [5.74, 6) is -2.40. The van der Waals surface area contributed by atoms with Gasteiger partial charge in [0.05, 0.1) is 16.5 Å². The number of carbonyl (C=O) groups excluding carboxylic acids is 1. The predicted molar refractivity (Wildman–Crippen MR) is 108 cm³/mol. The van der Waals surface area contributed by atoms with E-state index < -0.39 is 33.1 Å². The van der Waals surface area contributed by atoms with Gasteiger partial charge in [0.15, 0.2) is 16.8 Å². The number of nitrogens with one attached hydrogen (secondary N) is 1. The molecule has 1 aromatic heterocycles. The zero-order valence-corrected chi connectivity index (χ0v) is 17.2. The molecule has 1 atom stereocenters. The average Bonchev–Trinajstić information content (AvgIpc) is 3.12. The molecule has 2 aromatic carbocycles. The second kappa shape index (κ2) is 8.06. The molecule has 146 valence electrons. The van der Waals surface area contributed by atoms with Gasteiger partial charge in [-0.25, -0.2) is 13.8 Å². The number of nitrogens with zero attached hydrogens (tertiary/aromatic N) is 1. The summed E-state index contributed by atoms with van der Waals surface area (Å²) in [6.07, 6.45) is 0. The Kier molecular flexibility index (Phi) is 5.92. The maximum atomic E-state index is 13.4. The minimum Gasteiger partial charge on any atom is -0.301 e. The summed E-state index contributed by atoms with van der Waals surface area (Å²) in [7, 11) is -1.63.